The zero-order valence-electron chi connectivity index (χ0n) is 62.1. The third-order valence-electron chi connectivity index (χ3n) is 17.3. The van der Waals surface area contributed by atoms with Gasteiger partial charge in [-0.15, -0.1) is 11.8 Å². The Morgan fingerprint density at radius 2 is 1.17 bits per heavy atom. The molecule has 0 saturated carbocycles. The van der Waals surface area contributed by atoms with E-state index in [0.717, 1.165) is 38.9 Å². The zero-order valence-corrected chi connectivity index (χ0v) is 62.9. The third-order valence-corrected chi connectivity index (χ3v) is 18.6. The lowest BCUT2D eigenvalue weighted by Crippen LogP contribution is -2.46. The number of carbonyl (C=O) groups excluding carboxylic acids is 11. The van der Waals surface area contributed by atoms with Crippen molar-refractivity contribution in [3.8, 4) is 28.2 Å². The summed E-state index contributed by atoms with van der Waals surface area (Å²) < 4.78 is 5.91. The fourth-order valence-electron chi connectivity index (χ4n) is 12.4. The van der Waals surface area contributed by atoms with Gasteiger partial charge in [0.1, 0.15) is 23.1 Å². The number of amides is 11. The van der Waals surface area contributed by atoms with Crippen molar-refractivity contribution in [1.29, 1.82) is 0 Å². The van der Waals surface area contributed by atoms with Crippen LogP contribution in [0.3, 0.4) is 0 Å². The minimum Gasteiger partial charge on any atom is -0.508 e. The molecule has 3 aromatic rings. The molecule has 3 aromatic carbocycles. The molecule has 1 fully saturated rings. The maximum absolute atomic E-state index is 14.6. The SMILES string of the molecule is CC(=O)NCCNC/C(C)=C/[C@@H](C)C(=O)N(CCNC(C)=O)C/C(C)=C/[C@@H](C)C(=O)N(CCNC(C)=O)C/C(C)=C/[C@H](C)C(=O)N(C/C(C)=C/[C@@H](C)C(=O)NCCCC(=O)N[C@@H](CSC1CC(=O)N(c2ccc(-c3c4ccc(=O)cc-4oc4cc(O)ccc34)c(C(=O)O)c2)C1=O)C(N)=O)Cc1ccccc1. The number of thioether (sulfide) groups is 1. The molecule has 3 aliphatic rings. The first-order valence-electron chi connectivity index (χ1n) is 35.2. The van der Waals surface area contributed by atoms with Crippen molar-refractivity contribution < 1.29 is 72.2 Å². The lowest BCUT2D eigenvalue weighted by molar-refractivity contribution is -0.134. The number of rotatable bonds is 39. The second-order valence-electron chi connectivity index (χ2n) is 26.9. The highest BCUT2D eigenvalue weighted by atomic mass is 32.2. The summed E-state index contributed by atoms with van der Waals surface area (Å²) in [6.45, 7) is 21.7. The Labute approximate surface area is 621 Å². The van der Waals surface area contributed by atoms with Gasteiger partial charge in [-0.3, -0.25) is 57.5 Å². The summed E-state index contributed by atoms with van der Waals surface area (Å²) in [7, 11) is 0. The average Bonchev–Trinajstić information content (AvgIpc) is 1.02. The van der Waals surface area contributed by atoms with Crippen LogP contribution in [0.2, 0.25) is 0 Å². The van der Waals surface area contributed by atoms with E-state index in [0.29, 0.717) is 41.7 Å². The number of carboxylic acid groups (broad SMARTS) is 1. The molecular weight excluding hydrogens is 1380 g/mol. The number of benzene rings is 4. The molecule has 0 spiro atoms. The Bertz CT molecular complexity index is 4220. The van der Waals surface area contributed by atoms with Gasteiger partial charge >= 0.3 is 5.97 Å². The van der Waals surface area contributed by atoms with Crippen molar-refractivity contribution in [1.82, 2.24) is 46.6 Å². The number of aromatic carboxylic acids is 1. The molecule has 0 radical (unpaired) electrons. The first-order chi connectivity index (χ1) is 50.2. The first-order valence-corrected chi connectivity index (χ1v) is 36.2. The molecule has 11 amide bonds. The molecule has 6 atom stereocenters. The van der Waals surface area contributed by atoms with E-state index in [2.05, 4.69) is 31.9 Å². The van der Waals surface area contributed by atoms with Crippen LogP contribution in [0.4, 0.5) is 5.69 Å². The average molecular weight is 1480 g/mol. The molecule has 10 N–H and O–H groups in total. The van der Waals surface area contributed by atoms with Crippen LogP contribution < -0.4 is 48.0 Å². The highest BCUT2D eigenvalue weighted by Gasteiger charge is 2.41. The molecule has 1 aliphatic carbocycles. The summed E-state index contributed by atoms with van der Waals surface area (Å²) in [5, 5.41) is 37.0. The van der Waals surface area contributed by atoms with Gasteiger partial charge in [0.25, 0.3) is 0 Å². The number of phenolic OH excluding ortho intramolecular Hbond substituents is 1. The van der Waals surface area contributed by atoms with E-state index in [1.54, 1.807) is 60.6 Å². The molecule has 27 nitrogen and oxygen atoms in total. The minimum absolute atomic E-state index is 0.0311. The van der Waals surface area contributed by atoms with Crippen LogP contribution in [0.25, 0.3) is 33.4 Å². The number of imide groups is 1. The summed E-state index contributed by atoms with van der Waals surface area (Å²) in [5.41, 5.74) is 10.1. The molecular formula is C78H99N11O16S. The number of nitrogens with one attached hydrogen (secondary N) is 6. The fraction of sp³-hybridized carbons (Fsp3) is 0.423. The molecule has 106 heavy (non-hydrogen) atoms. The van der Waals surface area contributed by atoms with E-state index in [-0.39, 0.29) is 165 Å². The van der Waals surface area contributed by atoms with E-state index >= 15 is 0 Å². The van der Waals surface area contributed by atoms with Crippen molar-refractivity contribution in [3.05, 3.63) is 153 Å². The van der Waals surface area contributed by atoms with Gasteiger partial charge in [0.05, 0.1) is 40.2 Å². The predicted molar refractivity (Wildman–Crippen MR) is 406 cm³/mol. The monoisotopic (exact) mass is 1480 g/mol. The van der Waals surface area contributed by atoms with Crippen molar-refractivity contribution in [2.75, 3.05) is 82.6 Å². The minimum atomic E-state index is -1.39. The molecule has 2 aliphatic heterocycles. The van der Waals surface area contributed by atoms with Crippen molar-refractivity contribution >= 4 is 99.4 Å². The standard InChI is InChI=1S/C78H99N11O16S/c1-46(40-80-26-27-81-54(9)90)32-51(6)74(99)86(30-28-82-55(10)91)41-48(3)34-52(7)75(100)87(31-29-83-56(11)92)42-49(4)35-53(8)76(101)88(44-57-16-13-12-14-17-57)43-47(2)33-50(5)73(98)84-25-15-18-69(95)85-65(72(79)97)45-106-68-39-70(96)89(77(68)102)58-19-22-61(64(36-58)78(103)104)71-62-23-20-59(93)37-66(62)105-67-38-60(94)21-24-63(67)71/h12-14,16-17,19-24,32-38,50-53,65,68,80,93H,15,18,25-31,39-45H2,1-11H3,(H2,79,97)(H,81,90)(H,82,91)(H,83,92)(H,84,98)(H,85,95)(H,103,104)/b46-32+,47-33+,48-34+,49-35+/t50-,51-,52-,53+,65+,68?/m1/s1. The predicted octanol–water partition coefficient (Wildman–Crippen LogP) is 6.21. The number of anilines is 1. The summed E-state index contributed by atoms with van der Waals surface area (Å²) in [4.78, 5) is 176. The van der Waals surface area contributed by atoms with Gasteiger partial charge in [0.2, 0.25) is 65.0 Å². The molecule has 0 aromatic heterocycles. The maximum atomic E-state index is 14.6. The molecule has 1 saturated heterocycles. The van der Waals surface area contributed by atoms with E-state index in [4.69, 9.17) is 10.2 Å². The molecule has 28 heteroatoms. The van der Waals surface area contributed by atoms with Gasteiger partial charge in [0, 0.05) is 147 Å². The number of hydrogen-bond donors (Lipinski definition) is 9. The molecule has 568 valence electrons. The Morgan fingerprint density at radius 1 is 0.623 bits per heavy atom. The van der Waals surface area contributed by atoms with Crippen LogP contribution in [-0.4, -0.2) is 185 Å². The lowest BCUT2D eigenvalue weighted by atomic mass is 9.90. The first kappa shape index (κ1) is 84.2. The number of nitrogens with zero attached hydrogens (tertiary/aromatic N) is 4. The number of carbonyl (C=O) groups is 12. The summed E-state index contributed by atoms with van der Waals surface area (Å²) in [5.74, 6) is -8.53. The summed E-state index contributed by atoms with van der Waals surface area (Å²) in [6.07, 6.45) is 6.96. The Morgan fingerprint density at radius 3 is 1.75 bits per heavy atom. The van der Waals surface area contributed by atoms with Crippen molar-refractivity contribution in [2.45, 2.75) is 113 Å². The van der Waals surface area contributed by atoms with E-state index in [1.165, 1.54) is 75.4 Å². The zero-order chi connectivity index (χ0) is 78.1. The van der Waals surface area contributed by atoms with Crippen LogP contribution in [0, 0.1) is 23.7 Å². The van der Waals surface area contributed by atoms with Crippen LogP contribution >= 0.6 is 11.8 Å². The third kappa shape index (κ3) is 25.6. The highest BCUT2D eigenvalue weighted by Crippen LogP contribution is 2.43. The van der Waals surface area contributed by atoms with Crippen LogP contribution in [0.1, 0.15) is 111 Å². The van der Waals surface area contributed by atoms with E-state index < -0.39 is 64.6 Å². The number of hydrogen-bond acceptors (Lipinski definition) is 17. The molecule has 6 rings (SSSR count). The van der Waals surface area contributed by atoms with Crippen LogP contribution in [0.15, 0.2) is 141 Å². The molecule has 0 bridgehead atoms. The Balaban J connectivity index is 1.03. The van der Waals surface area contributed by atoms with Gasteiger partial charge in [0.15, 0.2) is 5.43 Å². The van der Waals surface area contributed by atoms with Gasteiger partial charge in [-0.25, -0.2) is 9.69 Å². The van der Waals surface area contributed by atoms with Crippen molar-refractivity contribution in [3.63, 3.8) is 0 Å². The number of carboxylic acids is 1. The Hall–Kier alpha value is -10.7. The van der Waals surface area contributed by atoms with E-state index in [9.17, 15) is 72.5 Å². The topological polar surface area (TPSA) is 387 Å². The highest BCUT2D eigenvalue weighted by molar-refractivity contribution is 8.00. The number of aromatic hydroxyl groups is 1. The quantitative estimate of drug-likeness (QED) is 0.00913. The second kappa shape index (κ2) is 40.5. The van der Waals surface area contributed by atoms with Gasteiger partial charge in [-0.2, -0.15) is 0 Å². The van der Waals surface area contributed by atoms with Crippen LogP contribution in [-0.2, 0) is 59.3 Å². The summed E-state index contributed by atoms with van der Waals surface area (Å²) >= 11 is 0.920. The molecule has 2 heterocycles. The number of primary amides is 1. The molecule has 1 unspecified atom stereocenters. The van der Waals surface area contributed by atoms with Gasteiger partial charge in [-0.1, -0.05) is 111 Å². The number of fused-ring (bicyclic) bond motifs is 2. The second-order valence-corrected chi connectivity index (χ2v) is 28.1. The normalized spacial score (nSPS) is 14.9. The maximum Gasteiger partial charge on any atom is 0.336 e. The fourth-order valence-corrected chi connectivity index (χ4v) is 13.6. The van der Waals surface area contributed by atoms with Crippen molar-refractivity contribution in [2.24, 2.45) is 29.4 Å². The largest absolute Gasteiger partial charge is 0.508 e. The van der Waals surface area contributed by atoms with Crippen LogP contribution in [0.5, 0.6) is 5.75 Å². The number of nitrogens with two attached hydrogens (primary N) is 1. The lowest BCUT2D eigenvalue weighted by Gasteiger charge is -2.28. The summed E-state index contributed by atoms with van der Waals surface area (Å²) in [6, 6.07) is 20.5. The van der Waals surface area contributed by atoms with Gasteiger partial charge < -0.3 is 67.0 Å². The number of phenols is 1. The van der Waals surface area contributed by atoms with Gasteiger partial charge in [-0.05, 0) is 81.6 Å². The Kier molecular flexibility index (Phi) is 32.2. The smallest absolute Gasteiger partial charge is 0.336 e. The van der Waals surface area contributed by atoms with E-state index in [1.807, 2.05) is 64.1 Å².